The second kappa shape index (κ2) is 7.54. The van der Waals surface area contributed by atoms with Gasteiger partial charge in [-0.2, -0.15) is 0 Å². The minimum atomic E-state index is -3.89. The maximum Gasteiger partial charge on any atom is 0.264 e. The molecule has 0 radical (unpaired) electrons. The number of benzene rings is 1. The highest BCUT2D eigenvalue weighted by Crippen LogP contribution is 2.15. The lowest BCUT2D eigenvalue weighted by atomic mass is 10.2. The third kappa shape index (κ3) is 4.77. The van der Waals surface area contributed by atoms with Crippen molar-refractivity contribution in [2.24, 2.45) is 0 Å². The Hall–Kier alpha value is -0.960. The minimum Gasteiger partial charge on any atom is -0.376 e. The molecule has 8 heteroatoms. The standard InChI is InChI=1S/C14H18BrNO5S/c1-10(21-9-12-3-2-8-20-12)14(17)16-22(18,19)13-6-4-11(15)5-7-13/h4-7,10,12H,2-3,8-9H2,1H3,(H,16,17). The van der Waals surface area contributed by atoms with Crippen LogP contribution >= 0.6 is 15.9 Å². The van der Waals surface area contributed by atoms with E-state index in [0.29, 0.717) is 6.61 Å². The summed E-state index contributed by atoms with van der Waals surface area (Å²) in [6.45, 7) is 2.50. The highest BCUT2D eigenvalue weighted by atomic mass is 79.9. The molecule has 0 saturated carbocycles. The Morgan fingerprint density at radius 3 is 2.73 bits per heavy atom. The van der Waals surface area contributed by atoms with E-state index in [1.165, 1.54) is 19.1 Å². The van der Waals surface area contributed by atoms with Crippen molar-refractivity contribution < 1.29 is 22.7 Å². The molecule has 0 spiro atoms. The monoisotopic (exact) mass is 391 g/mol. The Labute approximate surface area is 138 Å². The van der Waals surface area contributed by atoms with Crippen LogP contribution in [-0.4, -0.2) is 39.7 Å². The van der Waals surface area contributed by atoms with E-state index >= 15 is 0 Å². The largest absolute Gasteiger partial charge is 0.376 e. The third-order valence-corrected chi connectivity index (χ3v) is 5.18. The molecular formula is C14H18BrNO5S. The summed E-state index contributed by atoms with van der Waals surface area (Å²) >= 11 is 3.22. The zero-order valence-electron chi connectivity index (χ0n) is 12.1. The first kappa shape index (κ1) is 17.4. The Kier molecular flexibility index (Phi) is 5.96. The molecule has 1 fully saturated rings. The number of nitrogens with one attached hydrogen (secondary N) is 1. The highest BCUT2D eigenvalue weighted by molar-refractivity contribution is 9.10. The summed E-state index contributed by atoms with van der Waals surface area (Å²) in [6, 6.07) is 6.02. The second-order valence-electron chi connectivity index (χ2n) is 5.03. The maximum absolute atomic E-state index is 12.1. The van der Waals surface area contributed by atoms with Gasteiger partial charge in [-0.15, -0.1) is 0 Å². The van der Waals surface area contributed by atoms with Crippen LogP contribution in [0.25, 0.3) is 0 Å². The van der Waals surface area contributed by atoms with Crippen molar-refractivity contribution in [3.05, 3.63) is 28.7 Å². The van der Waals surface area contributed by atoms with E-state index in [9.17, 15) is 13.2 Å². The Bertz CT molecular complexity index is 611. The van der Waals surface area contributed by atoms with Gasteiger partial charge in [0.1, 0.15) is 6.10 Å². The van der Waals surface area contributed by atoms with Crippen LogP contribution in [0.3, 0.4) is 0 Å². The number of sulfonamides is 1. The van der Waals surface area contributed by atoms with Gasteiger partial charge >= 0.3 is 0 Å². The Morgan fingerprint density at radius 2 is 2.14 bits per heavy atom. The molecule has 2 unspecified atom stereocenters. The second-order valence-corrected chi connectivity index (χ2v) is 7.63. The van der Waals surface area contributed by atoms with E-state index in [2.05, 4.69) is 15.9 Å². The average Bonchev–Trinajstić information content (AvgIpc) is 2.98. The summed E-state index contributed by atoms with van der Waals surface area (Å²) in [5.74, 6) is -0.694. The first-order valence-electron chi connectivity index (χ1n) is 6.94. The number of carbonyl (C=O) groups is 1. The van der Waals surface area contributed by atoms with Gasteiger partial charge in [-0.3, -0.25) is 4.79 Å². The van der Waals surface area contributed by atoms with Crippen molar-refractivity contribution in [3.8, 4) is 0 Å². The lowest BCUT2D eigenvalue weighted by molar-refractivity contribution is -0.131. The SMILES string of the molecule is CC(OCC1CCCO1)C(=O)NS(=O)(=O)c1ccc(Br)cc1. The Balaban J connectivity index is 1.90. The first-order valence-corrected chi connectivity index (χ1v) is 9.21. The Morgan fingerprint density at radius 1 is 1.45 bits per heavy atom. The molecule has 1 N–H and O–H groups in total. The van der Waals surface area contributed by atoms with Crippen molar-refractivity contribution >= 4 is 31.9 Å². The van der Waals surface area contributed by atoms with E-state index < -0.39 is 22.0 Å². The van der Waals surface area contributed by atoms with Gasteiger partial charge in [0.15, 0.2) is 0 Å². The highest BCUT2D eigenvalue weighted by Gasteiger charge is 2.24. The number of amides is 1. The fraction of sp³-hybridized carbons (Fsp3) is 0.500. The number of hydrogen-bond acceptors (Lipinski definition) is 5. The van der Waals surface area contributed by atoms with Crippen LogP contribution in [0.2, 0.25) is 0 Å². The number of ether oxygens (including phenoxy) is 2. The van der Waals surface area contributed by atoms with Gasteiger partial charge in [0, 0.05) is 11.1 Å². The molecular weight excluding hydrogens is 374 g/mol. The average molecular weight is 392 g/mol. The molecule has 22 heavy (non-hydrogen) atoms. The molecule has 122 valence electrons. The molecule has 2 atom stereocenters. The predicted octanol–water partition coefficient (Wildman–Crippen LogP) is 1.84. The van der Waals surface area contributed by atoms with Crippen LogP contribution in [0, 0.1) is 0 Å². The van der Waals surface area contributed by atoms with Crippen molar-refractivity contribution in [2.45, 2.75) is 36.9 Å². The summed E-state index contributed by atoms with van der Waals surface area (Å²) in [5, 5.41) is 0. The summed E-state index contributed by atoms with van der Waals surface area (Å²) in [6.07, 6.45) is 0.991. The third-order valence-electron chi connectivity index (χ3n) is 3.28. The summed E-state index contributed by atoms with van der Waals surface area (Å²) in [7, 11) is -3.89. The fourth-order valence-electron chi connectivity index (χ4n) is 1.99. The lowest BCUT2D eigenvalue weighted by Crippen LogP contribution is -2.39. The van der Waals surface area contributed by atoms with Gasteiger partial charge in [0.25, 0.3) is 15.9 Å². The molecule has 1 aromatic rings. The van der Waals surface area contributed by atoms with Gasteiger partial charge in [-0.25, -0.2) is 13.1 Å². The lowest BCUT2D eigenvalue weighted by Gasteiger charge is -2.16. The van der Waals surface area contributed by atoms with E-state index in [1.807, 2.05) is 4.72 Å². The predicted molar refractivity (Wildman–Crippen MR) is 83.9 cm³/mol. The molecule has 1 aromatic carbocycles. The molecule has 0 aliphatic carbocycles. The van der Waals surface area contributed by atoms with Crippen LogP contribution in [0.15, 0.2) is 33.6 Å². The minimum absolute atomic E-state index is 0.0154. The topological polar surface area (TPSA) is 81.7 Å². The molecule has 0 bridgehead atoms. The molecule has 1 saturated heterocycles. The molecule has 0 aromatic heterocycles. The van der Waals surface area contributed by atoms with Crippen molar-refractivity contribution in [2.75, 3.05) is 13.2 Å². The summed E-state index contributed by atoms with van der Waals surface area (Å²) in [5.41, 5.74) is 0. The van der Waals surface area contributed by atoms with E-state index in [-0.39, 0.29) is 17.6 Å². The van der Waals surface area contributed by atoms with Gasteiger partial charge in [0.2, 0.25) is 0 Å². The quantitative estimate of drug-likeness (QED) is 0.799. The van der Waals surface area contributed by atoms with Gasteiger partial charge in [-0.05, 0) is 44.0 Å². The van der Waals surface area contributed by atoms with E-state index in [0.717, 1.165) is 17.3 Å². The van der Waals surface area contributed by atoms with Crippen molar-refractivity contribution in [1.29, 1.82) is 0 Å². The van der Waals surface area contributed by atoms with Crippen LogP contribution in [0.1, 0.15) is 19.8 Å². The molecule has 1 aliphatic rings. The van der Waals surface area contributed by atoms with Gasteiger partial charge in [0.05, 0.1) is 17.6 Å². The number of hydrogen-bond donors (Lipinski definition) is 1. The first-order chi connectivity index (χ1) is 10.4. The van der Waals surface area contributed by atoms with Crippen molar-refractivity contribution in [3.63, 3.8) is 0 Å². The molecule has 6 nitrogen and oxygen atoms in total. The molecule has 1 aliphatic heterocycles. The van der Waals surface area contributed by atoms with Crippen LogP contribution in [0.5, 0.6) is 0 Å². The maximum atomic E-state index is 12.1. The smallest absolute Gasteiger partial charge is 0.264 e. The number of rotatable bonds is 6. The molecule has 2 rings (SSSR count). The van der Waals surface area contributed by atoms with Crippen LogP contribution in [0.4, 0.5) is 0 Å². The van der Waals surface area contributed by atoms with Crippen molar-refractivity contribution in [1.82, 2.24) is 4.72 Å². The zero-order valence-corrected chi connectivity index (χ0v) is 14.5. The van der Waals surface area contributed by atoms with E-state index in [4.69, 9.17) is 9.47 Å². The number of carbonyl (C=O) groups excluding carboxylic acids is 1. The summed E-state index contributed by atoms with van der Waals surface area (Å²) < 4.78 is 37.7. The summed E-state index contributed by atoms with van der Waals surface area (Å²) in [4.78, 5) is 12.0. The van der Waals surface area contributed by atoms with Crippen LogP contribution < -0.4 is 4.72 Å². The van der Waals surface area contributed by atoms with Gasteiger partial charge in [-0.1, -0.05) is 15.9 Å². The fourth-order valence-corrected chi connectivity index (χ4v) is 3.30. The van der Waals surface area contributed by atoms with E-state index in [1.54, 1.807) is 12.1 Å². The normalized spacial score (nSPS) is 19.8. The molecule has 1 amide bonds. The molecule has 1 heterocycles. The van der Waals surface area contributed by atoms with Gasteiger partial charge < -0.3 is 9.47 Å². The van der Waals surface area contributed by atoms with Crippen LogP contribution in [-0.2, 0) is 24.3 Å². The number of halogens is 1. The zero-order chi connectivity index (χ0) is 16.2.